The topological polar surface area (TPSA) is 133 Å². The zero-order chi connectivity index (χ0) is 37.2. The van der Waals surface area contributed by atoms with Gasteiger partial charge in [0.1, 0.15) is 28.9 Å². The van der Waals surface area contributed by atoms with Gasteiger partial charge in [0.25, 0.3) is 11.5 Å². The van der Waals surface area contributed by atoms with Gasteiger partial charge < -0.3 is 10.0 Å². The number of carbonyl (C=O) groups is 1. The minimum atomic E-state index is -2.58. The fourth-order valence-electron chi connectivity index (χ4n) is 7.55. The van der Waals surface area contributed by atoms with Crippen LogP contribution in [0.2, 0.25) is 0 Å². The van der Waals surface area contributed by atoms with Crippen molar-refractivity contribution in [1.29, 1.82) is 5.26 Å². The van der Waals surface area contributed by atoms with Gasteiger partial charge in [0.15, 0.2) is 0 Å². The van der Waals surface area contributed by atoms with Crippen molar-refractivity contribution in [3.63, 3.8) is 0 Å². The molecule has 1 saturated carbocycles. The lowest BCUT2D eigenvalue weighted by atomic mass is 9.85. The van der Waals surface area contributed by atoms with Crippen LogP contribution in [0, 0.1) is 35.9 Å². The lowest BCUT2D eigenvalue weighted by Gasteiger charge is -2.46. The molecule has 268 valence electrons. The Morgan fingerprint density at radius 1 is 1.15 bits per heavy atom. The molecule has 0 unspecified atom stereocenters. The van der Waals surface area contributed by atoms with Crippen molar-refractivity contribution >= 4 is 49.9 Å². The molecule has 11 nitrogen and oxygen atoms in total. The van der Waals surface area contributed by atoms with Gasteiger partial charge in [0, 0.05) is 79.4 Å². The van der Waals surface area contributed by atoms with Gasteiger partial charge in [-0.3, -0.25) is 19.2 Å². The van der Waals surface area contributed by atoms with Crippen LogP contribution in [0.1, 0.15) is 52.9 Å². The van der Waals surface area contributed by atoms with E-state index in [4.69, 9.17) is 0 Å². The molecule has 1 saturated heterocycles. The fourth-order valence-corrected chi connectivity index (χ4v) is 8.57. The standard InChI is InChI=1S/C38H31F3N8O3S/c1-21-14-31-48(11-3-4-22-5-6-23(39)15-27(22)26-7-10-43-33-29(37(51)52)20-53-34(26)33)36(50)32-28(18-42)35(44-19-30(32)49(31)45-21)46(2)24-8-12-47(13-9-24)25-16-38(40,41)17-25/h5-7,10,14-15,19-20,24-25H,8-9,11-13,16-17H2,1-2H3,(H,51,52). The van der Waals surface area contributed by atoms with Crippen molar-refractivity contribution in [1.82, 2.24) is 29.0 Å². The predicted octanol–water partition coefficient (Wildman–Crippen LogP) is 6.09. The number of carboxylic acids is 1. The maximum Gasteiger partial charge on any atom is 0.338 e. The summed E-state index contributed by atoms with van der Waals surface area (Å²) in [6, 6.07) is 9.68. The molecule has 1 N–H and O–H groups in total. The minimum absolute atomic E-state index is 0.0101. The van der Waals surface area contributed by atoms with Crippen molar-refractivity contribution in [2.45, 2.75) is 57.2 Å². The van der Waals surface area contributed by atoms with E-state index in [0.29, 0.717) is 75.5 Å². The predicted molar refractivity (Wildman–Crippen MR) is 194 cm³/mol. The van der Waals surface area contributed by atoms with E-state index in [1.165, 1.54) is 45.7 Å². The van der Waals surface area contributed by atoms with Crippen molar-refractivity contribution in [2.24, 2.45) is 0 Å². The first-order valence-corrected chi connectivity index (χ1v) is 17.9. The highest BCUT2D eigenvalue weighted by atomic mass is 32.1. The van der Waals surface area contributed by atoms with E-state index in [1.807, 2.05) is 11.9 Å². The molecule has 53 heavy (non-hydrogen) atoms. The number of fused-ring (bicyclic) bond motifs is 4. The summed E-state index contributed by atoms with van der Waals surface area (Å²) < 4.78 is 45.2. The van der Waals surface area contributed by atoms with Gasteiger partial charge in [-0.15, -0.1) is 11.3 Å². The third-order valence-electron chi connectivity index (χ3n) is 10.3. The average Bonchev–Trinajstić information content (AvgIpc) is 3.75. The lowest BCUT2D eigenvalue weighted by molar-refractivity contribution is -0.127. The highest BCUT2D eigenvalue weighted by Crippen LogP contribution is 2.42. The van der Waals surface area contributed by atoms with Crippen LogP contribution in [-0.2, 0) is 6.54 Å². The van der Waals surface area contributed by atoms with Crippen LogP contribution in [-0.4, -0.2) is 78.3 Å². The number of halogens is 3. The number of aromatic carboxylic acids is 1. The number of carboxylic acid groups (broad SMARTS) is 1. The van der Waals surface area contributed by atoms with E-state index in [1.54, 1.807) is 29.8 Å². The van der Waals surface area contributed by atoms with Crippen LogP contribution in [0.15, 0.2) is 52.9 Å². The van der Waals surface area contributed by atoms with E-state index in [0.717, 1.165) is 0 Å². The highest BCUT2D eigenvalue weighted by Gasteiger charge is 2.48. The number of hydrogen-bond donors (Lipinski definition) is 1. The van der Waals surface area contributed by atoms with Crippen LogP contribution in [0.4, 0.5) is 19.0 Å². The largest absolute Gasteiger partial charge is 0.478 e. The normalized spacial score (nSPS) is 16.4. The van der Waals surface area contributed by atoms with E-state index >= 15 is 0 Å². The van der Waals surface area contributed by atoms with Crippen molar-refractivity contribution in [3.8, 4) is 29.0 Å². The first-order chi connectivity index (χ1) is 25.4. The Balaban J connectivity index is 1.15. The summed E-state index contributed by atoms with van der Waals surface area (Å²) in [5.74, 6) is 2.31. The van der Waals surface area contributed by atoms with Crippen LogP contribution in [0.5, 0.6) is 0 Å². The number of aryl methyl sites for hydroxylation is 1. The zero-order valence-electron chi connectivity index (χ0n) is 28.6. The molecule has 2 fully saturated rings. The fraction of sp³-hybridized carbons (Fsp3) is 0.316. The number of nitrogens with zero attached hydrogens (tertiary/aromatic N) is 8. The van der Waals surface area contributed by atoms with Gasteiger partial charge in [0.2, 0.25) is 0 Å². The molecule has 2 aliphatic rings. The summed E-state index contributed by atoms with van der Waals surface area (Å²) in [5.41, 5.74) is 2.93. The van der Waals surface area contributed by atoms with Crippen molar-refractivity contribution < 1.29 is 23.1 Å². The van der Waals surface area contributed by atoms with Gasteiger partial charge in [-0.1, -0.05) is 11.8 Å². The second-order valence-electron chi connectivity index (χ2n) is 13.6. The molecule has 0 atom stereocenters. The summed E-state index contributed by atoms with van der Waals surface area (Å²) in [5, 5.41) is 26.3. The Kier molecular flexibility index (Phi) is 8.43. The van der Waals surface area contributed by atoms with E-state index < -0.39 is 23.3 Å². The second-order valence-corrected chi connectivity index (χ2v) is 14.4. The highest BCUT2D eigenvalue weighted by molar-refractivity contribution is 7.18. The van der Waals surface area contributed by atoms with Crippen molar-refractivity contribution in [3.05, 3.63) is 86.7 Å². The summed E-state index contributed by atoms with van der Waals surface area (Å²) in [6.45, 7) is 3.01. The quantitative estimate of drug-likeness (QED) is 0.202. The molecular weight excluding hydrogens is 706 g/mol. The summed E-state index contributed by atoms with van der Waals surface area (Å²) in [4.78, 5) is 39.0. The molecule has 0 spiro atoms. The molecule has 0 radical (unpaired) electrons. The third-order valence-corrected chi connectivity index (χ3v) is 11.3. The maximum absolute atomic E-state index is 14.6. The van der Waals surface area contributed by atoms with Gasteiger partial charge >= 0.3 is 5.97 Å². The summed E-state index contributed by atoms with van der Waals surface area (Å²) in [7, 11) is 1.84. The number of likely N-dealkylation sites (tertiary alicyclic amines) is 1. The van der Waals surface area contributed by atoms with E-state index in [2.05, 4.69) is 37.9 Å². The average molecular weight is 737 g/mol. The molecular formula is C38H31F3N8O3S. The van der Waals surface area contributed by atoms with Crippen LogP contribution in [0.3, 0.4) is 0 Å². The second kappa shape index (κ2) is 13.0. The number of nitriles is 1. The Morgan fingerprint density at radius 3 is 2.64 bits per heavy atom. The number of alkyl halides is 2. The van der Waals surface area contributed by atoms with Crippen LogP contribution < -0.4 is 10.5 Å². The Bertz CT molecular complexity index is 2630. The van der Waals surface area contributed by atoms with E-state index in [9.17, 15) is 33.1 Å². The number of pyridine rings is 2. The molecule has 1 aromatic carbocycles. The molecule has 0 amide bonds. The Hall–Kier alpha value is -5.77. The number of benzene rings is 1. The first kappa shape index (κ1) is 34.3. The minimum Gasteiger partial charge on any atom is -0.478 e. The Labute approximate surface area is 304 Å². The maximum atomic E-state index is 14.6. The van der Waals surface area contributed by atoms with Gasteiger partial charge in [-0.05, 0) is 44.0 Å². The molecule has 5 aromatic heterocycles. The number of rotatable bonds is 6. The molecule has 1 aliphatic carbocycles. The smallest absolute Gasteiger partial charge is 0.338 e. The molecule has 15 heteroatoms. The molecule has 6 aromatic rings. The molecule has 0 bridgehead atoms. The van der Waals surface area contributed by atoms with Gasteiger partial charge in [0.05, 0.1) is 45.1 Å². The lowest BCUT2D eigenvalue weighted by Crippen LogP contribution is -2.55. The van der Waals surface area contributed by atoms with Gasteiger partial charge in [-0.25, -0.2) is 27.5 Å². The summed E-state index contributed by atoms with van der Waals surface area (Å²) in [6.07, 6.45) is 4.20. The first-order valence-electron chi connectivity index (χ1n) is 17.0. The molecule has 1 aliphatic heterocycles. The molecule has 8 rings (SSSR count). The Morgan fingerprint density at radius 2 is 1.92 bits per heavy atom. The third kappa shape index (κ3) is 5.96. The van der Waals surface area contributed by atoms with Gasteiger partial charge in [-0.2, -0.15) is 10.4 Å². The SMILES string of the molecule is Cc1cc2n(CC#Cc3ccc(F)cc3-c3ccnc4c(C(=O)O)csc34)c(=O)c3c(C#N)c(N(C)C4CCN(C5CC(F)(F)C5)CC4)ncc3n2n1. The number of hydrogen-bond acceptors (Lipinski definition) is 9. The number of anilines is 1. The monoisotopic (exact) mass is 736 g/mol. The molecule has 6 heterocycles. The number of piperidine rings is 1. The van der Waals surface area contributed by atoms with E-state index in [-0.39, 0.29) is 48.0 Å². The van der Waals surface area contributed by atoms with Crippen LogP contribution >= 0.6 is 11.3 Å². The number of thiophene rings is 1. The van der Waals surface area contributed by atoms with Crippen molar-refractivity contribution in [2.75, 3.05) is 25.0 Å². The summed E-state index contributed by atoms with van der Waals surface area (Å²) >= 11 is 1.19. The van der Waals surface area contributed by atoms with Crippen LogP contribution in [0.25, 0.3) is 37.9 Å². The zero-order valence-corrected chi connectivity index (χ0v) is 29.4. The number of aromatic nitrogens is 5.